The molecule has 1 radical (unpaired) electrons. The number of nitrogens with two attached hydrogens (primary N) is 1. The lowest BCUT2D eigenvalue weighted by atomic mass is 9.98. The van der Waals surface area contributed by atoms with Crippen molar-refractivity contribution in [1.29, 1.82) is 0 Å². The van der Waals surface area contributed by atoms with Crippen LogP contribution in [0.4, 0.5) is 5.69 Å². The van der Waals surface area contributed by atoms with Gasteiger partial charge in [0.05, 0.1) is 0 Å². The van der Waals surface area contributed by atoms with Crippen LogP contribution >= 0.6 is 0 Å². The molecule has 1 heterocycles. The van der Waals surface area contributed by atoms with Crippen molar-refractivity contribution >= 4 is 12.0 Å². The van der Waals surface area contributed by atoms with Gasteiger partial charge in [0.1, 0.15) is 0 Å². The standard InChI is InChI=1S/C13H17N2O/c14-13-3-1-2-12(8-13)9-15-6-4-11(10-16)5-7-15/h1-3,8,11H,4-7,9,14H2. The molecule has 85 valence electrons. The van der Waals surface area contributed by atoms with Crippen LogP contribution in [0.3, 0.4) is 0 Å². The molecule has 0 bridgehead atoms. The van der Waals surface area contributed by atoms with E-state index in [4.69, 9.17) is 5.73 Å². The third-order valence-electron chi connectivity index (χ3n) is 3.11. The molecule has 0 spiro atoms. The predicted octanol–water partition coefficient (Wildman–Crippen LogP) is 1.59. The Balaban J connectivity index is 1.89. The number of nitrogens with zero attached hydrogens (tertiary/aromatic N) is 1. The maximum Gasteiger partial charge on any atom is 0.201 e. The van der Waals surface area contributed by atoms with Gasteiger partial charge in [0.25, 0.3) is 0 Å². The molecule has 1 fully saturated rings. The highest BCUT2D eigenvalue weighted by atomic mass is 16.1. The van der Waals surface area contributed by atoms with Crippen molar-refractivity contribution in [1.82, 2.24) is 4.90 Å². The quantitative estimate of drug-likeness (QED) is 0.782. The van der Waals surface area contributed by atoms with Crippen molar-refractivity contribution < 1.29 is 4.79 Å². The summed E-state index contributed by atoms with van der Waals surface area (Å²) in [6.07, 6.45) is 3.97. The molecule has 0 aromatic heterocycles. The van der Waals surface area contributed by atoms with E-state index in [1.54, 1.807) is 0 Å². The molecule has 3 heteroatoms. The van der Waals surface area contributed by atoms with Crippen molar-refractivity contribution in [2.75, 3.05) is 18.8 Å². The highest BCUT2D eigenvalue weighted by Crippen LogP contribution is 2.17. The summed E-state index contributed by atoms with van der Waals surface area (Å²) in [7, 11) is 0. The van der Waals surface area contributed by atoms with Gasteiger partial charge in [-0.1, -0.05) is 12.1 Å². The zero-order valence-electron chi connectivity index (χ0n) is 9.36. The summed E-state index contributed by atoms with van der Waals surface area (Å²) in [6.45, 7) is 2.89. The minimum absolute atomic E-state index is 0.150. The molecular formula is C13H17N2O. The number of benzene rings is 1. The Labute approximate surface area is 96.2 Å². The lowest BCUT2D eigenvalue weighted by Gasteiger charge is -2.29. The van der Waals surface area contributed by atoms with Gasteiger partial charge >= 0.3 is 0 Å². The van der Waals surface area contributed by atoms with E-state index >= 15 is 0 Å². The van der Waals surface area contributed by atoms with E-state index in [9.17, 15) is 4.79 Å². The molecule has 16 heavy (non-hydrogen) atoms. The maximum absolute atomic E-state index is 10.5. The molecule has 0 amide bonds. The number of carbonyl (C=O) groups excluding carboxylic acids is 1. The van der Waals surface area contributed by atoms with Crippen LogP contribution in [0.1, 0.15) is 18.4 Å². The molecule has 2 N–H and O–H groups in total. The Morgan fingerprint density at radius 1 is 1.38 bits per heavy atom. The number of nitrogen functional groups attached to an aromatic ring is 1. The van der Waals surface area contributed by atoms with Crippen molar-refractivity contribution in [3.05, 3.63) is 29.8 Å². The van der Waals surface area contributed by atoms with Gasteiger partial charge in [-0.05, 0) is 43.6 Å². The topological polar surface area (TPSA) is 46.3 Å². The van der Waals surface area contributed by atoms with Gasteiger partial charge in [0, 0.05) is 18.2 Å². The van der Waals surface area contributed by atoms with Crippen LogP contribution < -0.4 is 5.73 Å². The van der Waals surface area contributed by atoms with Crippen LogP contribution in [0, 0.1) is 5.92 Å². The molecule has 1 aliphatic rings. The second-order valence-corrected chi connectivity index (χ2v) is 4.41. The Kier molecular flexibility index (Phi) is 3.57. The molecule has 1 aromatic carbocycles. The molecule has 0 aliphatic carbocycles. The smallest absolute Gasteiger partial charge is 0.201 e. The highest BCUT2D eigenvalue weighted by Gasteiger charge is 2.18. The van der Waals surface area contributed by atoms with Gasteiger partial charge in [-0.25, -0.2) is 0 Å². The fourth-order valence-corrected chi connectivity index (χ4v) is 2.16. The lowest BCUT2D eigenvalue weighted by Crippen LogP contribution is -2.33. The third-order valence-corrected chi connectivity index (χ3v) is 3.11. The summed E-state index contributed by atoms with van der Waals surface area (Å²) in [5.74, 6) is 0.150. The molecular weight excluding hydrogens is 200 g/mol. The molecule has 3 nitrogen and oxygen atoms in total. The van der Waals surface area contributed by atoms with Gasteiger partial charge in [0.2, 0.25) is 6.29 Å². The van der Waals surface area contributed by atoms with Crippen molar-refractivity contribution in [2.45, 2.75) is 19.4 Å². The van der Waals surface area contributed by atoms with Gasteiger partial charge in [-0.15, -0.1) is 0 Å². The van der Waals surface area contributed by atoms with Gasteiger partial charge < -0.3 is 5.73 Å². The average molecular weight is 217 g/mol. The van der Waals surface area contributed by atoms with Crippen LogP contribution in [0.25, 0.3) is 0 Å². The van der Waals surface area contributed by atoms with Crippen molar-refractivity contribution in [2.24, 2.45) is 5.92 Å². The minimum Gasteiger partial charge on any atom is -0.399 e. The lowest BCUT2D eigenvalue weighted by molar-refractivity contribution is 0.200. The largest absolute Gasteiger partial charge is 0.399 e. The van der Waals surface area contributed by atoms with E-state index in [0.29, 0.717) is 0 Å². The normalized spacial score (nSPS) is 18.5. The van der Waals surface area contributed by atoms with E-state index in [-0.39, 0.29) is 5.92 Å². The summed E-state index contributed by atoms with van der Waals surface area (Å²) in [6, 6.07) is 7.99. The van der Waals surface area contributed by atoms with Crippen LogP contribution in [0.2, 0.25) is 0 Å². The molecule has 1 saturated heterocycles. The predicted molar refractivity (Wildman–Crippen MR) is 64.5 cm³/mol. The fraction of sp³-hybridized carbons (Fsp3) is 0.462. The SMILES string of the molecule is Nc1cccc(CN2CCC([C]=O)CC2)c1. The number of anilines is 1. The first-order valence-corrected chi connectivity index (χ1v) is 5.72. The summed E-state index contributed by atoms with van der Waals surface area (Å²) in [5, 5.41) is 0. The number of rotatable bonds is 3. The average Bonchev–Trinajstić information content (AvgIpc) is 2.30. The minimum atomic E-state index is 0.150. The number of piperidine rings is 1. The Hall–Kier alpha value is -1.35. The van der Waals surface area contributed by atoms with E-state index in [1.165, 1.54) is 5.56 Å². The molecule has 2 rings (SSSR count). The Morgan fingerprint density at radius 2 is 2.12 bits per heavy atom. The highest BCUT2D eigenvalue weighted by molar-refractivity contribution is 5.54. The molecule has 0 atom stereocenters. The second kappa shape index (κ2) is 5.12. The van der Waals surface area contributed by atoms with Crippen molar-refractivity contribution in [3.8, 4) is 0 Å². The first kappa shape index (κ1) is 11.1. The summed E-state index contributed by atoms with van der Waals surface area (Å²) < 4.78 is 0. The van der Waals surface area contributed by atoms with Crippen LogP contribution in [-0.4, -0.2) is 24.3 Å². The van der Waals surface area contributed by atoms with E-state index in [1.807, 2.05) is 18.2 Å². The van der Waals surface area contributed by atoms with Gasteiger partial charge in [-0.2, -0.15) is 0 Å². The van der Waals surface area contributed by atoms with Crippen LogP contribution in [0.5, 0.6) is 0 Å². The fourth-order valence-electron chi connectivity index (χ4n) is 2.16. The first-order chi connectivity index (χ1) is 7.78. The van der Waals surface area contributed by atoms with Gasteiger partial charge in [-0.3, -0.25) is 9.69 Å². The number of hydrogen-bond donors (Lipinski definition) is 1. The monoisotopic (exact) mass is 217 g/mol. The summed E-state index contributed by atoms with van der Waals surface area (Å²) in [4.78, 5) is 12.9. The molecule has 1 aliphatic heterocycles. The summed E-state index contributed by atoms with van der Waals surface area (Å²) in [5.41, 5.74) is 7.80. The third kappa shape index (κ3) is 2.83. The summed E-state index contributed by atoms with van der Waals surface area (Å²) >= 11 is 0. The first-order valence-electron chi connectivity index (χ1n) is 5.72. The van der Waals surface area contributed by atoms with Crippen molar-refractivity contribution in [3.63, 3.8) is 0 Å². The van der Waals surface area contributed by atoms with E-state index in [0.717, 1.165) is 38.2 Å². The maximum atomic E-state index is 10.5. The van der Waals surface area contributed by atoms with E-state index in [2.05, 4.69) is 17.3 Å². The van der Waals surface area contributed by atoms with Crippen LogP contribution in [0.15, 0.2) is 24.3 Å². The Morgan fingerprint density at radius 3 is 2.75 bits per heavy atom. The van der Waals surface area contributed by atoms with E-state index < -0.39 is 0 Å². The zero-order valence-corrected chi connectivity index (χ0v) is 9.36. The van der Waals surface area contributed by atoms with Gasteiger partial charge in [0.15, 0.2) is 0 Å². The molecule has 0 saturated carbocycles. The second-order valence-electron chi connectivity index (χ2n) is 4.41. The zero-order chi connectivity index (χ0) is 11.4. The number of hydrogen-bond acceptors (Lipinski definition) is 3. The van der Waals surface area contributed by atoms with Crippen LogP contribution in [-0.2, 0) is 11.3 Å². The number of likely N-dealkylation sites (tertiary alicyclic amines) is 1. The Bertz CT molecular complexity index is 357. The molecule has 1 aromatic rings. The molecule has 0 unspecified atom stereocenters.